The molecule has 0 amide bonds. The summed E-state index contributed by atoms with van der Waals surface area (Å²) in [5, 5.41) is 0. The van der Waals surface area contributed by atoms with Gasteiger partial charge in [0, 0.05) is 17.0 Å². The maximum absolute atomic E-state index is 14.3. The number of fused-ring (bicyclic) bond motifs is 1. The van der Waals surface area contributed by atoms with Crippen LogP contribution in [0, 0.1) is 11.7 Å². The summed E-state index contributed by atoms with van der Waals surface area (Å²) < 4.78 is 39.9. The summed E-state index contributed by atoms with van der Waals surface area (Å²) in [5.74, 6) is 0.499. The third kappa shape index (κ3) is 5.67. The summed E-state index contributed by atoms with van der Waals surface area (Å²) in [6, 6.07) is 1.38. The van der Waals surface area contributed by atoms with E-state index in [9.17, 15) is 18.7 Å². The van der Waals surface area contributed by atoms with E-state index in [2.05, 4.69) is 4.52 Å². The predicted octanol–water partition coefficient (Wildman–Crippen LogP) is -3.98. The Morgan fingerprint density at radius 3 is 2.60 bits per heavy atom. The minimum atomic E-state index is -5.12. The zero-order valence-corrected chi connectivity index (χ0v) is 19.8. The molecule has 0 spiro atoms. The second kappa shape index (κ2) is 9.37. The largest absolute Gasteiger partial charge is 1.00 e. The molecule has 1 heterocycles. The van der Waals surface area contributed by atoms with E-state index in [0.717, 1.165) is 12.8 Å². The van der Waals surface area contributed by atoms with E-state index in [1.807, 2.05) is 13.8 Å². The van der Waals surface area contributed by atoms with Crippen molar-refractivity contribution < 1.29 is 91.9 Å². The van der Waals surface area contributed by atoms with E-state index in [1.54, 1.807) is 0 Å². The van der Waals surface area contributed by atoms with Gasteiger partial charge in [-0.25, -0.2) is 4.39 Å². The van der Waals surface area contributed by atoms with Crippen LogP contribution in [0.3, 0.4) is 0 Å². The van der Waals surface area contributed by atoms with Crippen molar-refractivity contribution in [3.05, 3.63) is 23.0 Å². The molecule has 2 unspecified atom stereocenters. The molecule has 1 saturated carbocycles. The van der Waals surface area contributed by atoms with Gasteiger partial charge in [-0.3, -0.25) is 0 Å². The molecular weight excluding hydrogens is 372 g/mol. The van der Waals surface area contributed by atoms with Crippen molar-refractivity contribution in [1.29, 1.82) is 0 Å². The second-order valence-electron chi connectivity index (χ2n) is 6.20. The Kier molecular flexibility index (Phi) is 8.96. The smallest absolute Gasteiger partial charge is 0.790 e. The summed E-state index contributed by atoms with van der Waals surface area (Å²) in [5.41, 5.74) is 1.24. The first kappa shape index (κ1) is 23.9. The quantitative estimate of drug-likeness (QED) is 0.280. The minimum Gasteiger partial charge on any atom is -0.790 e. The van der Waals surface area contributed by atoms with Crippen molar-refractivity contribution in [2.24, 2.45) is 5.92 Å². The molecule has 0 radical (unpaired) electrons. The van der Waals surface area contributed by atoms with Crippen molar-refractivity contribution in [3.63, 3.8) is 0 Å². The molecule has 0 aromatic heterocycles. The fraction of sp³-hybridized carbons (Fsp3) is 0.600. The first-order valence-corrected chi connectivity index (χ1v) is 9.02. The molecule has 2 aliphatic rings. The molecule has 1 aliphatic heterocycles. The summed E-state index contributed by atoms with van der Waals surface area (Å²) >= 11 is 0. The molecule has 0 N–H and O–H groups in total. The Morgan fingerprint density at radius 2 is 2.04 bits per heavy atom. The van der Waals surface area contributed by atoms with Gasteiger partial charge in [0.1, 0.15) is 5.75 Å². The summed E-state index contributed by atoms with van der Waals surface area (Å²) in [4.78, 5) is 21.2. The molecule has 6 nitrogen and oxygen atoms in total. The fourth-order valence-corrected chi connectivity index (χ4v) is 3.22. The number of ether oxygens (including phenoxy) is 2. The Balaban J connectivity index is 0.00000156. The summed E-state index contributed by atoms with van der Waals surface area (Å²) in [7, 11) is -5.12. The SMILES string of the molecule is CC1COc2c(F)cc(C(C)C3CC3)c(OCOP(=O)([O-])[O-])c21.[Na+].[Na+]. The third-order valence-electron chi connectivity index (χ3n) is 4.45. The number of hydrogen-bond donors (Lipinski definition) is 0. The topological polar surface area (TPSA) is 90.9 Å². The third-order valence-corrected chi connectivity index (χ3v) is 4.88. The van der Waals surface area contributed by atoms with E-state index in [-0.39, 0.29) is 76.7 Å². The van der Waals surface area contributed by atoms with E-state index < -0.39 is 20.4 Å². The molecule has 0 saturated heterocycles. The average molecular weight is 390 g/mol. The van der Waals surface area contributed by atoms with Gasteiger partial charge >= 0.3 is 59.1 Å². The van der Waals surface area contributed by atoms with Crippen LogP contribution in [0.4, 0.5) is 4.39 Å². The Bertz CT molecular complexity index is 664. The van der Waals surface area contributed by atoms with Crippen molar-refractivity contribution in [2.75, 3.05) is 13.4 Å². The second-order valence-corrected chi connectivity index (χ2v) is 7.35. The van der Waals surface area contributed by atoms with Crippen LogP contribution in [-0.4, -0.2) is 13.4 Å². The zero-order chi connectivity index (χ0) is 16.8. The van der Waals surface area contributed by atoms with Crippen molar-refractivity contribution in [2.45, 2.75) is 38.5 Å². The molecule has 1 fully saturated rings. The molecule has 128 valence electrons. The number of halogens is 1. The van der Waals surface area contributed by atoms with Gasteiger partial charge in [0.2, 0.25) is 0 Å². The number of phosphoric acid groups is 1. The standard InChI is InChI=1S/C15H20FO6P.2Na/c1-8-6-20-15-12(16)5-11(9(2)10-3-4-10)14(13(8)15)21-7-22-23(17,18)19;;/h5,8-10H,3-4,6-7H2,1-2H3,(H2,17,18,19);;/q;2*+1/p-2. The number of phosphoric ester groups is 1. The van der Waals surface area contributed by atoms with Gasteiger partial charge in [0.15, 0.2) is 18.4 Å². The van der Waals surface area contributed by atoms with Crippen LogP contribution >= 0.6 is 7.82 Å². The molecule has 1 aliphatic carbocycles. The molecule has 25 heavy (non-hydrogen) atoms. The molecule has 2 atom stereocenters. The number of hydrogen-bond acceptors (Lipinski definition) is 6. The van der Waals surface area contributed by atoms with Crippen molar-refractivity contribution in [1.82, 2.24) is 0 Å². The Labute approximate surface area is 190 Å². The zero-order valence-electron chi connectivity index (χ0n) is 14.9. The minimum absolute atomic E-state index is 0. The first-order valence-electron chi connectivity index (χ1n) is 7.56. The van der Waals surface area contributed by atoms with E-state index >= 15 is 0 Å². The maximum Gasteiger partial charge on any atom is 1.00 e. The van der Waals surface area contributed by atoms with Gasteiger partial charge in [0.25, 0.3) is 0 Å². The van der Waals surface area contributed by atoms with Crippen molar-refractivity contribution in [3.8, 4) is 11.5 Å². The van der Waals surface area contributed by atoms with Gasteiger partial charge in [-0.1, -0.05) is 13.8 Å². The van der Waals surface area contributed by atoms with Crippen LogP contribution in [0.2, 0.25) is 0 Å². The van der Waals surface area contributed by atoms with Crippen LogP contribution < -0.4 is 78.4 Å². The van der Waals surface area contributed by atoms with Crippen LogP contribution in [0.1, 0.15) is 49.7 Å². The van der Waals surface area contributed by atoms with Gasteiger partial charge in [-0.15, -0.1) is 0 Å². The van der Waals surface area contributed by atoms with Crippen LogP contribution in [0.25, 0.3) is 0 Å². The molecule has 1 aromatic carbocycles. The Morgan fingerprint density at radius 1 is 1.40 bits per heavy atom. The van der Waals surface area contributed by atoms with Crippen molar-refractivity contribution >= 4 is 7.82 Å². The first-order chi connectivity index (χ1) is 10.8. The fourth-order valence-electron chi connectivity index (χ4n) is 3.04. The predicted molar refractivity (Wildman–Crippen MR) is 75.6 cm³/mol. The summed E-state index contributed by atoms with van der Waals surface area (Å²) in [6.07, 6.45) is 2.14. The van der Waals surface area contributed by atoms with E-state index in [4.69, 9.17) is 9.47 Å². The van der Waals surface area contributed by atoms with Gasteiger partial charge in [-0.2, -0.15) is 0 Å². The van der Waals surface area contributed by atoms with E-state index in [0.29, 0.717) is 29.4 Å². The van der Waals surface area contributed by atoms with E-state index in [1.165, 1.54) is 6.07 Å². The monoisotopic (exact) mass is 390 g/mol. The molecular formula is C15H18FNa2O6P. The van der Waals surface area contributed by atoms with Crippen LogP contribution in [0.5, 0.6) is 11.5 Å². The number of rotatable bonds is 6. The maximum atomic E-state index is 14.3. The van der Waals surface area contributed by atoms with Crippen LogP contribution in [-0.2, 0) is 9.09 Å². The number of benzene rings is 1. The molecule has 3 rings (SSSR count). The normalized spacial score (nSPS) is 20.0. The summed E-state index contributed by atoms with van der Waals surface area (Å²) in [6.45, 7) is 3.46. The molecule has 1 aromatic rings. The molecule has 10 heteroatoms. The van der Waals surface area contributed by atoms with Gasteiger partial charge < -0.3 is 28.3 Å². The Hall–Kier alpha value is 0.860. The van der Waals surface area contributed by atoms with Gasteiger partial charge in [0.05, 0.1) is 14.4 Å². The van der Waals surface area contributed by atoms with Gasteiger partial charge in [-0.05, 0) is 30.7 Å². The van der Waals surface area contributed by atoms with Crippen LogP contribution in [0.15, 0.2) is 6.07 Å². The average Bonchev–Trinajstić information content (AvgIpc) is 3.23. The molecule has 0 bridgehead atoms.